The molecule has 0 saturated heterocycles. The highest BCUT2D eigenvalue weighted by molar-refractivity contribution is 9.10. The van der Waals surface area contributed by atoms with E-state index in [0.717, 1.165) is 20.2 Å². The van der Waals surface area contributed by atoms with Gasteiger partial charge >= 0.3 is 0 Å². The van der Waals surface area contributed by atoms with E-state index in [4.69, 9.17) is 0 Å². The van der Waals surface area contributed by atoms with Gasteiger partial charge in [0.1, 0.15) is 5.75 Å². The number of aryl methyl sites for hydroxylation is 2. The second-order valence-corrected chi connectivity index (χ2v) is 6.37. The lowest BCUT2D eigenvalue weighted by Gasteiger charge is -2.14. The Labute approximate surface area is 130 Å². The van der Waals surface area contributed by atoms with Crippen LogP contribution in [-0.4, -0.2) is 5.11 Å². The standard InChI is InChI=1S/C15H15Br2NO/c1-9-5-13(17)6-10(2)15(9)18-8-11-7-12(16)3-4-14(11)19/h3-7,18-19H,8H2,1-2H3. The molecule has 2 rings (SSSR count). The van der Waals surface area contributed by atoms with E-state index in [-0.39, 0.29) is 0 Å². The van der Waals surface area contributed by atoms with Crippen molar-refractivity contribution in [3.8, 4) is 5.75 Å². The molecule has 2 nitrogen and oxygen atoms in total. The summed E-state index contributed by atoms with van der Waals surface area (Å²) < 4.78 is 2.05. The van der Waals surface area contributed by atoms with E-state index in [2.05, 4.69) is 63.2 Å². The van der Waals surface area contributed by atoms with E-state index in [9.17, 15) is 5.11 Å². The first-order valence-electron chi connectivity index (χ1n) is 5.95. The zero-order valence-electron chi connectivity index (χ0n) is 10.8. The van der Waals surface area contributed by atoms with Crippen LogP contribution in [0.5, 0.6) is 5.75 Å². The Hall–Kier alpha value is -1.00. The SMILES string of the molecule is Cc1cc(Br)cc(C)c1NCc1cc(Br)ccc1O. The number of anilines is 1. The van der Waals surface area contributed by atoms with Gasteiger partial charge in [-0.2, -0.15) is 0 Å². The zero-order chi connectivity index (χ0) is 14.0. The van der Waals surface area contributed by atoms with Crippen LogP contribution in [0.2, 0.25) is 0 Å². The number of hydrogen-bond donors (Lipinski definition) is 2. The lowest BCUT2D eigenvalue weighted by molar-refractivity contribution is 0.469. The minimum Gasteiger partial charge on any atom is -0.508 e. The second kappa shape index (κ2) is 5.97. The van der Waals surface area contributed by atoms with Crippen molar-refractivity contribution in [3.05, 3.63) is 56.0 Å². The molecule has 0 spiro atoms. The smallest absolute Gasteiger partial charge is 0.120 e. The van der Waals surface area contributed by atoms with Crippen molar-refractivity contribution in [2.24, 2.45) is 0 Å². The molecule has 0 unspecified atom stereocenters. The molecule has 100 valence electrons. The summed E-state index contributed by atoms with van der Waals surface area (Å²) in [6.07, 6.45) is 0. The normalized spacial score (nSPS) is 10.5. The number of hydrogen-bond acceptors (Lipinski definition) is 2. The summed E-state index contributed by atoms with van der Waals surface area (Å²) >= 11 is 6.91. The number of aromatic hydroxyl groups is 1. The van der Waals surface area contributed by atoms with Crippen LogP contribution in [0.15, 0.2) is 39.3 Å². The van der Waals surface area contributed by atoms with Crippen molar-refractivity contribution in [2.45, 2.75) is 20.4 Å². The van der Waals surface area contributed by atoms with Gasteiger partial charge in [-0.1, -0.05) is 31.9 Å². The molecule has 2 aromatic rings. The van der Waals surface area contributed by atoms with Gasteiger partial charge in [0.15, 0.2) is 0 Å². The van der Waals surface area contributed by atoms with Gasteiger partial charge in [-0.05, 0) is 55.3 Å². The van der Waals surface area contributed by atoms with Crippen LogP contribution >= 0.6 is 31.9 Å². The molecule has 0 aliphatic rings. The van der Waals surface area contributed by atoms with Crippen molar-refractivity contribution in [1.82, 2.24) is 0 Å². The van der Waals surface area contributed by atoms with E-state index in [1.54, 1.807) is 6.07 Å². The molecule has 0 fully saturated rings. The molecule has 0 atom stereocenters. The third-order valence-corrected chi connectivity index (χ3v) is 3.95. The Kier molecular flexibility index (Phi) is 4.53. The van der Waals surface area contributed by atoms with Crippen LogP contribution in [0.4, 0.5) is 5.69 Å². The molecule has 0 radical (unpaired) electrons. The summed E-state index contributed by atoms with van der Waals surface area (Å²) in [4.78, 5) is 0. The van der Waals surface area contributed by atoms with Crippen molar-refractivity contribution in [1.29, 1.82) is 0 Å². The molecule has 0 heterocycles. The molecule has 2 N–H and O–H groups in total. The van der Waals surface area contributed by atoms with Crippen molar-refractivity contribution >= 4 is 37.5 Å². The van der Waals surface area contributed by atoms with Gasteiger partial charge in [0.2, 0.25) is 0 Å². The number of rotatable bonds is 3. The second-order valence-electron chi connectivity index (χ2n) is 4.54. The lowest BCUT2D eigenvalue weighted by Crippen LogP contribution is -2.03. The first-order valence-corrected chi connectivity index (χ1v) is 7.54. The summed E-state index contributed by atoms with van der Waals surface area (Å²) in [6.45, 7) is 4.73. The largest absolute Gasteiger partial charge is 0.508 e. The molecule has 19 heavy (non-hydrogen) atoms. The van der Waals surface area contributed by atoms with Gasteiger partial charge in [0.25, 0.3) is 0 Å². The van der Waals surface area contributed by atoms with E-state index < -0.39 is 0 Å². The topological polar surface area (TPSA) is 32.3 Å². The van der Waals surface area contributed by atoms with Crippen LogP contribution in [0, 0.1) is 13.8 Å². The Balaban J connectivity index is 2.21. The van der Waals surface area contributed by atoms with E-state index in [1.807, 2.05) is 12.1 Å². The minimum absolute atomic E-state index is 0.308. The Morgan fingerprint density at radius 1 is 1.00 bits per heavy atom. The molecule has 4 heteroatoms. The number of phenols is 1. The highest BCUT2D eigenvalue weighted by Gasteiger charge is 2.06. The third kappa shape index (κ3) is 3.51. The Bertz CT molecular complexity index is 588. The molecule has 0 amide bonds. The van der Waals surface area contributed by atoms with E-state index >= 15 is 0 Å². The number of phenolic OH excluding ortho intramolecular Hbond substituents is 1. The summed E-state index contributed by atoms with van der Waals surface area (Å²) in [5.41, 5.74) is 4.35. The average Bonchev–Trinajstić information content (AvgIpc) is 2.32. The molecule has 0 aliphatic carbocycles. The van der Waals surface area contributed by atoms with Gasteiger partial charge < -0.3 is 10.4 Å². The van der Waals surface area contributed by atoms with Crippen LogP contribution in [0.3, 0.4) is 0 Å². The molecule has 0 aromatic heterocycles. The summed E-state index contributed by atoms with van der Waals surface area (Å²) in [6, 6.07) is 9.61. The van der Waals surface area contributed by atoms with Gasteiger partial charge in [0, 0.05) is 26.7 Å². The Morgan fingerprint density at radius 3 is 2.26 bits per heavy atom. The van der Waals surface area contributed by atoms with E-state index in [1.165, 1.54) is 11.1 Å². The Morgan fingerprint density at radius 2 is 1.63 bits per heavy atom. The highest BCUT2D eigenvalue weighted by atomic mass is 79.9. The van der Waals surface area contributed by atoms with Crippen molar-refractivity contribution in [2.75, 3.05) is 5.32 Å². The highest BCUT2D eigenvalue weighted by Crippen LogP contribution is 2.27. The number of nitrogens with one attached hydrogen (secondary N) is 1. The molecular weight excluding hydrogens is 370 g/mol. The van der Waals surface area contributed by atoms with Crippen LogP contribution in [0.25, 0.3) is 0 Å². The van der Waals surface area contributed by atoms with Crippen LogP contribution < -0.4 is 5.32 Å². The summed E-state index contributed by atoms with van der Waals surface area (Å²) in [7, 11) is 0. The quantitative estimate of drug-likeness (QED) is 0.767. The van der Waals surface area contributed by atoms with E-state index in [0.29, 0.717) is 12.3 Å². The first kappa shape index (κ1) is 14.4. The fraction of sp³-hybridized carbons (Fsp3) is 0.200. The van der Waals surface area contributed by atoms with Gasteiger partial charge in [-0.25, -0.2) is 0 Å². The average molecular weight is 385 g/mol. The minimum atomic E-state index is 0.308. The maximum Gasteiger partial charge on any atom is 0.120 e. The van der Waals surface area contributed by atoms with Crippen LogP contribution in [-0.2, 0) is 6.54 Å². The predicted octanol–water partition coefficient (Wildman–Crippen LogP) is 5.15. The predicted molar refractivity (Wildman–Crippen MR) is 86.7 cm³/mol. The van der Waals surface area contributed by atoms with Crippen molar-refractivity contribution in [3.63, 3.8) is 0 Å². The molecule has 0 aliphatic heterocycles. The third-order valence-electron chi connectivity index (χ3n) is 2.99. The van der Waals surface area contributed by atoms with Gasteiger partial charge in [0.05, 0.1) is 0 Å². The van der Waals surface area contributed by atoms with Gasteiger partial charge in [-0.15, -0.1) is 0 Å². The summed E-state index contributed by atoms with van der Waals surface area (Å²) in [5, 5.41) is 13.2. The monoisotopic (exact) mass is 383 g/mol. The number of halogens is 2. The summed E-state index contributed by atoms with van der Waals surface area (Å²) in [5.74, 6) is 0.308. The fourth-order valence-electron chi connectivity index (χ4n) is 2.07. The molecular formula is C15H15Br2NO. The molecule has 0 saturated carbocycles. The zero-order valence-corrected chi connectivity index (χ0v) is 14.0. The lowest BCUT2D eigenvalue weighted by atomic mass is 10.1. The number of benzene rings is 2. The maximum atomic E-state index is 9.83. The first-order chi connectivity index (χ1) is 8.97. The van der Waals surface area contributed by atoms with Crippen LogP contribution in [0.1, 0.15) is 16.7 Å². The molecule has 2 aromatic carbocycles. The fourth-order valence-corrected chi connectivity index (χ4v) is 3.16. The molecule has 0 bridgehead atoms. The maximum absolute atomic E-state index is 9.83. The van der Waals surface area contributed by atoms with Crippen molar-refractivity contribution < 1.29 is 5.11 Å². The van der Waals surface area contributed by atoms with Gasteiger partial charge in [-0.3, -0.25) is 0 Å².